The highest BCUT2D eigenvalue weighted by molar-refractivity contribution is 7.90. The molecule has 1 aromatic carbocycles. The number of nitro groups is 1. The molecular formula is C11H6Cl2F3N3O4S. The predicted octanol–water partition coefficient (Wildman–Crippen LogP) is 3.51. The summed E-state index contributed by atoms with van der Waals surface area (Å²) in [5.74, 6) is -0.996. The number of sulfone groups is 1. The number of hydrogen-bond acceptors (Lipinski definition) is 5. The van der Waals surface area contributed by atoms with Crippen molar-refractivity contribution < 1.29 is 26.5 Å². The molecule has 130 valence electrons. The molecule has 0 fully saturated rings. The third kappa shape index (κ3) is 3.47. The number of benzene rings is 1. The Morgan fingerprint density at radius 2 is 1.75 bits per heavy atom. The smallest absolute Gasteiger partial charge is 0.358 e. The molecule has 1 aromatic heterocycles. The molecule has 0 aliphatic carbocycles. The molecule has 0 bridgehead atoms. The van der Waals surface area contributed by atoms with Crippen LogP contribution in [0.3, 0.4) is 0 Å². The maximum absolute atomic E-state index is 12.7. The Kier molecular flexibility index (Phi) is 4.55. The lowest BCUT2D eigenvalue weighted by Crippen LogP contribution is -2.07. The van der Waals surface area contributed by atoms with Crippen LogP contribution in [-0.4, -0.2) is 29.4 Å². The summed E-state index contributed by atoms with van der Waals surface area (Å²) < 4.78 is 61.9. The van der Waals surface area contributed by atoms with Crippen molar-refractivity contribution in [3.63, 3.8) is 0 Å². The Morgan fingerprint density at radius 1 is 1.25 bits per heavy atom. The van der Waals surface area contributed by atoms with Gasteiger partial charge in [0.15, 0.2) is 14.7 Å². The van der Waals surface area contributed by atoms with Gasteiger partial charge in [-0.15, -0.1) is 4.68 Å². The van der Waals surface area contributed by atoms with Gasteiger partial charge in [0.2, 0.25) is 0 Å². The molecule has 0 aliphatic heterocycles. The topological polar surface area (TPSA) is 95.1 Å². The van der Waals surface area contributed by atoms with E-state index >= 15 is 0 Å². The fourth-order valence-electron chi connectivity index (χ4n) is 1.80. The van der Waals surface area contributed by atoms with Gasteiger partial charge in [0.05, 0.1) is 26.9 Å². The molecule has 2 rings (SSSR count). The Labute approximate surface area is 142 Å². The van der Waals surface area contributed by atoms with Crippen LogP contribution in [0.15, 0.2) is 23.2 Å². The molecule has 0 spiro atoms. The molecule has 0 saturated carbocycles. The Bertz CT molecular complexity index is 917. The summed E-state index contributed by atoms with van der Waals surface area (Å²) in [5.41, 5.74) is -1.45. The van der Waals surface area contributed by atoms with Crippen molar-refractivity contribution in [1.29, 1.82) is 0 Å². The molecule has 0 aliphatic rings. The van der Waals surface area contributed by atoms with Crippen molar-refractivity contribution in [2.45, 2.75) is 11.1 Å². The summed E-state index contributed by atoms with van der Waals surface area (Å²) >= 11 is 11.5. The average molecular weight is 404 g/mol. The number of alkyl halides is 3. The van der Waals surface area contributed by atoms with Crippen LogP contribution >= 0.6 is 23.2 Å². The number of aromatic nitrogens is 2. The number of halogens is 5. The van der Waals surface area contributed by atoms with Crippen molar-refractivity contribution in [3.8, 4) is 5.69 Å². The molecule has 0 radical (unpaired) electrons. The van der Waals surface area contributed by atoms with Crippen LogP contribution in [0.5, 0.6) is 0 Å². The highest BCUT2D eigenvalue weighted by Crippen LogP contribution is 2.38. The van der Waals surface area contributed by atoms with Gasteiger partial charge in [0, 0.05) is 6.26 Å². The van der Waals surface area contributed by atoms with Crippen LogP contribution in [-0.2, 0) is 16.0 Å². The van der Waals surface area contributed by atoms with Gasteiger partial charge in [-0.1, -0.05) is 23.2 Å². The SMILES string of the molecule is CS(=O)(=O)c1cn(-c2c(Cl)cc(C(F)(F)F)cc2Cl)nc1[N+](=O)[O-]. The summed E-state index contributed by atoms with van der Waals surface area (Å²) in [6.45, 7) is 0. The highest BCUT2D eigenvalue weighted by atomic mass is 35.5. The van der Waals surface area contributed by atoms with Gasteiger partial charge in [0.1, 0.15) is 5.69 Å². The Hall–Kier alpha value is -1.85. The molecule has 7 nitrogen and oxygen atoms in total. The summed E-state index contributed by atoms with van der Waals surface area (Å²) in [6, 6.07) is 1.10. The van der Waals surface area contributed by atoms with Crippen LogP contribution in [0.1, 0.15) is 5.56 Å². The summed E-state index contributed by atoms with van der Waals surface area (Å²) in [7, 11) is -4.01. The number of nitrogens with zero attached hydrogens (tertiary/aromatic N) is 3. The zero-order valence-corrected chi connectivity index (χ0v) is 13.8. The minimum Gasteiger partial charge on any atom is -0.358 e. The second-order valence-corrected chi connectivity index (χ2v) is 7.38. The maximum atomic E-state index is 12.7. The second kappa shape index (κ2) is 5.90. The molecule has 1 heterocycles. The van der Waals surface area contributed by atoms with E-state index < -0.39 is 47.3 Å². The van der Waals surface area contributed by atoms with Crippen molar-refractivity contribution in [1.82, 2.24) is 9.78 Å². The molecular weight excluding hydrogens is 398 g/mol. The normalized spacial score (nSPS) is 12.4. The van der Waals surface area contributed by atoms with Gasteiger partial charge < -0.3 is 10.1 Å². The summed E-state index contributed by atoms with van der Waals surface area (Å²) in [4.78, 5) is 9.15. The lowest BCUT2D eigenvalue weighted by molar-refractivity contribution is -0.392. The summed E-state index contributed by atoms with van der Waals surface area (Å²) in [5, 5.41) is 13.4. The molecule has 0 unspecified atom stereocenters. The second-order valence-electron chi connectivity index (χ2n) is 4.58. The fraction of sp³-hybridized carbons (Fsp3) is 0.182. The summed E-state index contributed by atoms with van der Waals surface area (Å²) in [6.07, 6.45) is -3.23. The molecule has 0 saturated heterocycles. The zero-order valence-electron chi connectivity index (χ0n) is 11.5. The van der Waals surface area contributed by atoms with Gasteiger partial charge in [0.25, 0.3) is 0 Å². The minimum absolute atomic E-state index is 0.315. The van der Waals surface area contributed by atoms with E-state index in [2.05, 4.69) is 5.10 Å². The highest BCUT2D eigenvalue weighted by Gasteiger charge is 2.34. The van der Waals surface area contributed by atoms with Gasteiger partial charge in [-0.05, 0) is 17.1 Å². The van der Waals surface area contributed by atoms with E-state index in [1.807, 2.05) is 0 Å². The van der Waals surface area contributed by atoms with Crippen LogP contribution in [0.25, 0.3) is 5.69 Å². The first-order valence-electron chi connectivity index (χ1n) is 5.83. The van der Waals surface area contributed by atoms with E-state index in [-0.39, 0.29) is 5.69 Å². The van der Waals surface area contributed by atoms with E-state index in [1.165, 1.54) is 0 Å². The van der Waals surface area contributed by atoms with Crippen molar-refractivity contribution in [2.24, 2.45) is 0 Å². The van der Waals surface area contributed by atoms with E-state index in [1.54, 1.807) is 0 Å². The van der Waals surface area contributed by atoms with E-state index in [9.17, 15) is 31.7 Å². The van der Waals surface area contributed by atoms with Crippen LogP contribution < -0.4 is 0 Å². The van der Waals surface area contributed by atoms with E-state index in [4.69, 9.17) is 23.2 Å². The molecule has 2 aromatic rings. The molecule has 13 heteroatoms. The van der Waals surface area contributed by atoms with Gasteiger partial charge >= 0.3 is 12.0 Å². The van der Waals surface area contributed by atoms with Crippen LogP contribution in [0, 0.1) is 10.1 Å². The third-order valence-corrected chi connectivity index (χ3v) is 4.47. The van der Waals surface area contributed by atoms with Crippen molar-refractivity contribution >= 4 is 38.9 Å². The quantitative estimate of drug-likeness (QED) is 0.577. The lowest BCUT2D eigenvalue weighted by Gasteiger charge is -2.10. The van der Waals surface area contributed by atoms with Crippen molar-refractivity contribution in [2.75, 3.05) is 6.26 Å². The predicted molar refractivity (Wildman–Crippen MR) is 78.4 cm³/mol. The molecule has 0 N–H and O–H groups in total. The first-order valence-corrected chi connectivity index (χ1v) is 8.48. The largest absolute Gasteiger partial charge is 0.416 e. The third-order valence-electron chi connectivity index (χ3n) is 2.81. The van der Waals surface area contributed by atoms with Crippen LogP contribution in [0.2, 0.25) is 10.0 Å². The average Bonchev–Trinajstić information content (AvgIpc) is 2.81. The first-order chi connectivity index (χ1) is 10.8. The van der Waals surface area contributed by atoms with Crippen molar-refractivity contribution in [3.05, 3.63) is 44.1 Å². The minimum atomic E-state index is -4.71. The fourth-order valence-corrected chi connectivity index (χ4v) is 3.20. The first kappa shape index (κ1) is 18.5. The zero-order chi connectivity index (χ0) is 18.4. The van der Waals surface area contributed by atoms with E-state index in [0.717, 1.165) is 12.5 Å². The molecule has 0 amide bonds. The number of rotatable bonds is 3. The lowest BCUT2D eigenvalue weighted by atomic mass is 10.2. The van der Waals surface area contributed by atoms with E-state index in [0.29, 0.717) is 16.8 Å². The molecule has 0 atom stereocenters. The van der Waals surface area contributed by atoms with Crippen LogP contribution in [0.4, 0.5) is 19.0 Å². The Morgan fingerprint density at radius 3 is 2.08 bits per heavy atom. The number of hydrogen-bond donors (Lipinski definition) is 0. The molecule has 24 heavy (non-hydrogen) atoms. The van der Waals surface area contributed by atoms with Gasteiger partial charge in [-0.3, -0.25) is 0 Å². The monoisotopic (exact) mass is 403 g/mol. The maximum Gasteiger partial charge on any atom is 0.416 e. The standard InChI is InChI=1S/C11H6Cl2F3N3O4S/c1-24(22,23)8-4-18(17-10(8)19(20)21)9-6(12)2-5(3-7(9)13)11(14,15)16/h2-4H,1H3. The van der Waals surface area contributed by atoms with Gasteiger partial charge in [-0.25, -0.2) is 8.42 Å². The Balaban J connectivity index is 2.72. The van der Waals surface area contributed by atoms with Gasteiger partial charge in [-0.2, -0.15) is 13.2 Å².